The fourth-order valence-electron chi connectivity index (χ4n) is 2.31. The number of hydrogen-bond acceptors (Lipinski definition) is 0. The zero-order valence-corrected chi connectivity index (χ0v) is 14.3. The summed E-state index contributed by atoms with van der Waals surface area (Å²) in [6.07, 6.45) is 0. The number of aryl methyl sites for hydroxylation is 3. The summed E-state index contributed by atoms with van der Waals surface area (Å²) in [6.45, 7) is 5.95. The maximum atomic E-state index is 13.4. The maximum absolute atomic E-state index is 13.4. The molecule has 0 amide bonds. The van der Waals surface area contributed by atoms with Crippen LogP contribution in [-0.2, 0) is 0 Å². The third-order valence-electron chi connectivity index (χ3n) is 3.24. The highest BCUT2D eigenvalue weighted by Gasteiger charge is 2.18. The zero-order valence-electron chi connectivity index (χ0n) is 11.1. The smallest absolute Gasteiger partial charge is 0.123 e. The first-order chi connectivity index (χ1) is 8.90. The van der Waals surface area contributed by atoms with Gasteiger partial charge in [0.05, 0.1) is 4.83 Å². The normalized spacial score (nSPS) is 12.5. The van der Waals surface area contributed by atoms with Crippen LogP contribution >= 0.6 is 31.9 Å². The fourth-order valence-corrected chi connectivity index (χ4v) is 4.47. The van der Waals surface area contributed by atoms with E-state index in [1.54, 1.807) is 12.1 Å². The standard InChI is InChI=1S/C16H15Br2F/c1-9-4-5-13(14(17)6-9)16(18)15-10(2)7-12(19)8-11(15)3/h4-8,16H,1-3H3. The van der Waals surface area contributed by atoms with Gasteiger partial charge in [0.25, 0.3) is 0 Å². The van der Waals surface area contributed by atoms with Gasteiger partial charge in [0, 0.05) is 4.47 Å². The number of alkyl halides is 1. The van der Waals surface area contributed by atoms with Crippen LogP contribution in [0, 0.1) is 26.6 Å². The molecule has 0 radical (unpaired) electrons. The number of halogens is 3. The molecule has 0 aliphatic rings. The van der Waals surface area contributed by atoms with Crippen LogP contribution in [0.3, 0.4) is 0 Å². The second kappa shape index (κ2) is 5.76. The molecule has 0 nitrogen and oxygen atoms in total. The molecule has 1 unspecified atom stereocenters. The molecule has 0 spiro atoms. The van der Waals surface area contributed by atoms with E-state index >= 15 is 0 Å². The summed E-state index contributed by atoms with van der Waals surface area (Å²) in [5.74, 6) is -0.179. The first-order valence-electron chi connectivity index (χ1n) is 6.07. The first kappa shape index (κ1) is 14.7. The minimum Gasteiger partial charge on any atom is -0.207 e. The molecule has 19 heavy (non-hydrogen) atoms. The highest BCUT2D eigenvalue weighted by atomic mass is 79.9. The topological polar surface area (TPSA) is 0 Å². The van der Waals surface area contributed by atoms with Crippen LogP contribution < -0.4 is 0 Å². The van der Waals surface area contributed by atoms with Crippen molar-refractivity contribution in [1.29, 1.82) is 0 Å². The van der Waals surface area contributed by atoms with E-state index in [1.165, 1.54) is 5.56 Å². The van der Waals surface area contributed by atoms with Gasteiger partial charge in [-0.3, -0.25) is 0 Å². The second-order valence-corrected chi connectivity index (χ2v) is 6.61. The Labute approximate surface area is 130 Å². The van der Waals surface area contributed by atoms with Gasteiger partial charge in [0.1, 0.15) is 5.82 Å². The molecule has 0 N–H and O–H groups in total. The van der Waals surface area contributed by atoms with Gasteiger partial charge in [0.2, 0.25) is 0 Å². The van der Waals surface area contributed by atoms with Gasteiger partial charge in [-0.1, -0.05) is 44.0 Å². The minimum atomic E-state index is -0.179. The van der Waals surface area contributed by atoms with Gasteiger partial charge in [0.15, 0.2) is 0 Å². The van der Waals surface area contributed by atoms with E-state index in [-0.39, 0.29) is 10.6 Å². The van der Waals surface area contributed by atoms with Crippen molar-refractivity contribution in [2.75, 3.05) is 0 Å². The van der Waals surface area contributed by atoms with E-state index in [9.17, 15) is 4.39 Å². The molecule has 1 atom stereocenters. The largest absolute Gasteiger partial charge is 0.207 e. The SMILES string of the molecule is Cc1ccc(C(Br)c2c(C)cc(F)cc2C)c(Br)c1. The summed E-state index contributed by atoms with van der Waals surface area (Å²) in [5, 5.41) is 0. The fraction of sp³-hybridized carbons (Fsp3) is 0.250. The molecule has 2 aromatic rings. The Kier molecular flexibility index (Phi) is 4.46. The lowest BCUT2D eigenvalue weighted by Crippen LogP contribution is -2.01. The summed E-state index contributed by atoms with van der Waals surface area (Å²) in [7, 11) is 0. The van der Waals surface area contributed by atoms with Crippen LogP contribution in [0.1, 0.15) is 32.6 Å². The van der Waals surface area contributed by atoms with Gasteiger partial charge in [-0.05, 0) is 66.8 Å². The van der Waals surface area contributed by atoms with Gasteiger partial charge < -0.3 is 0 Å². The summed E-state index contributed by atoms with van der Waals surface area (Å²) in [6, 6.07) is 9.44. The van der Waals surface area contributed by atoms with E-state index in [0.29, 0.717) is 0 Å². The Balaban J connectivity index is 2.53. The molecule has 2 rings (SSSR count). The lowest BCUT2D eigenvalue weighted by molar-refractivity contribution is 0.624. The van der Waals surface area contributed by atoms with Crippen LogP contribution in [0.25, 0.3) is 0 Å². The van der Waals surface area contributed by atoms with Crippen molar-refractivity contribution in [3.63, 3.8) is 0 Å². The summed E-state index contributed by atoms with van der Waals surface area (Å²) in [4.78, 5) is 0.0584. The third kappa shape index (κ3) is 3.09. The number of benzene rings is 2. The van der Waals surface area contributed by atoms with Crippen LogP contribution in [-0.4, -0.2) is 0 Å². The molecule has 100 valence electrons. The monoisotopic (exact) mass is 384 g/mol. The predicted molar refractivity (Wildman–Crippen MR) is 85.5 cm³/mol. The molecule has 0 saturated carbocycles. The maximum Gasteiger partial charge on any atom is 0.123 e. The average molecular weight is 386 g/mol. The van der Waals surface area contributed by atoms with Crippen LogP contribution in [0.4, 0.5) is 4.39 Å². The summed E-state index contributed by atoms with van der Waals surface area (Å²) < 4.78 is 14.4. The highest BCUT2D eigenvalue weighted by molar-refractivity contribution is 9.11. The number of rotatable bonds is 2. The second-order valence-electron chi connectivity index (χ2n) is 4.84. The third-order valence-corrected chi connectivity index (χ3v) is 4.88. The highest BCUT2D eigenvalue weighted by Crippen LogP contribution is 2.38. The summed E-state index contributed by atoms with van der Waals surface area (Å²) in [5.41, 5.74) is 5.43. The van der Waals surface area contributed by atoms with Crippen molar-refractivity contribution in [1.82, 2.24) is 0 Å². The molecule has 3 heteroatoms. The van der Waals surface area contributed by atoms with E-state index in [1.807, 2.05) is 13.8 Å². The zero-order chi connectivity index (χ0) is 14.2. The van der Waals surface area contributed by atoms with Crippen molar-refractivity contribution in [2.45, 2.75) is 25.6 Å². The number of hydrogen-bond donors (Lipinski definition) is 0. The molecular formula is C16H15Br2F. The van der Waals surface area contributed by atoms with Crippen LogP contribution in [0.15, 0.2) is 34.8 Å². The van der Waals surface area contributed by atoms with Gasteiger partial charge >= 0.3 is 0 Å². The molecule has 2 aromatic carbocycles. The van der Waals surface area contributed by atoms with Crippen molar-refractivity contribution in [3.05, 3.63) is 68.4 Å². The first-order valence-corrected chi connectivity index (χ1v) is 7.77. The van der Waals surface area contributed by atoms with Gasteiger partial charge in [-0.15, -0.1) is 0 Å². The molecule has 0 bridgehead atoms. The Morgan fingerprint density at radius 1 is 1.00 bits per heavy atom. The molecule has 0 fully saturated rings. The Morgan fingerprint density at radius 2 is 1.58 bits per heavy atom. The van der Waals surface area contributed by atoms with Gasteiger partial charge in [-0.25, -0.2) is 4.39 Å². The van der Waals surface area contributed by atoms with Crippen molar-refractivity contribution < 1.29 is 4.39 Å². The quantitative estimate of drug-likeness (QED) is 0.556. The van der Waals surface area contributed by atoms with Crippen molar-refractivity contribution in [3.8, 4) is 0 Å². The average Bonchev–Trinajstić information content (AvgIpc) is 2.26. The van der Waals surface area contributed by atoms with Crippen LogP contribution in [0.5, 0.6) is 0 Å². The molecule has 0 aliphatic heterocycles. The van der Waals surface area contributed by atoms with Crippen molar-refractivity contribution >= 4 is 31.9 Å². The molecule has 0 aliphatic carbocycles. The van der Waals surface area contributed by atoms with E-state index in [2.05, 4.69) is 57.0 Å². The Bertz CT molecular complexity index is 597. The van der Waals surface area contributed by atoms with E-state index < -0.39 is 0 Å². The lowest BCUT2D eigenvalue weighted by Gasteiger charge is -2.18. The predicted octanol–water partition coefficient (Wildman–Crippen LogP) is 6.00. The van der Waals surface area contributed by atoms with Gasteiger partial charge in [-0.2, -0.15) is 0 Å². The molecule has 0 aromatic heterocycles. The van der Waals surface area contributed by atoms with E-state index in [0.717, 1.165) is 26.7 Å². The minimum absolute atomic E-state index is 0.0584. The lowest BCUT2D eigenvalue weighted by atomic mass is 9.95. The van der Waals surface area contributed by atoms with Crippen molar-refractivity contribution in [2.24, 2.45) is 0 Å². The van der Waals surface area contributed by atoms with E-state index in [4.69, 9.17) is 0 Å². The Morgan fingerprint density at radius 3 is 2.11 bits per heavy atom. The Hall–Kier alpha value is -0.670. The molecular weight excluding hydrogens is 371 g/mol. The summed E-state index contributed by atoms with van der Waals surface area (Å²) >= 11 is 7.35. The molecule has 0 saturated heterocycles. The van der Waals surface area contributed by atoms with Crippen LogP contribution in [0.2, 0.25) is 0 Å². The molecule has 0 heterocycles.